The van der Waals surface area contributed by atoms with Crippen molar-refractivity contribution in [2.45, 2.75) is 38.1 Å². The molecular weight excluding hydrogens is 262 g/mol. The fourth-order valence-corrected chi connectivity index (χ4v) is 3.78. The van der Waals surface area contributed by atoms with Crippen LogP contribution in [0.3, 0.4) is 0 Å². The lowest BCUT2D eigenvalue weighted by Gasteiger charge is -2.44. The Bertz CT molecular complexity index is 483. The third kappa shape index (κ3) is 3.38. The number of nitrogens with one attached hydrogen (secondary N) is 1. The molecule has 0 unspecified atom stereocenters. The van der Waals surface area contributed by atoms with Crippen molar-refractivity contribution in [3.8, 4) is 0 Å². The van der Waals surface area contributed by atoms with Crippen LogP contribution in [0.5, 0.6) is 0 Å². The fourth-order valence-electron chi connectivity index (χ4n) is 3.78. The number of carbonyl (C=O) groups excluding carboxylic acids is 1. The van der Waals surface area contributed by atoms with Crippen molar-refractivity contribution < 1.29 is 4.79 Å². The molecule has 0 saturated carbocycles. The summed E-state index contributed by atoms with van der Waals surface area (Å²) in [7, 11) is 0. The predicted octanol–water partition coefficient (Wildman–Crippen LogP) is 2.26. The second-order valence-corrected chi connectivity index (χ2v) is 6.33. The Labute approximate surface area is 126 Å². The second kappa shape index (κ2) is 6.48. The van der Waals surface area contributed by atoms with Crippen LogP contribution in [0, 0.1) is 5.92 Å². The van der Waals surface area contributed by atoms with Gasteiger partial charge in [0, 0.05) is 23.8 Å². The molecule has 1 aromatic rings. The highest BCUT2D eigenvalue weighted by atomic mass is 16.1. The van der Waals surface area contributed by atoms with Crippen LogP contribution in [0.15, 0.2) is 24.3 Å². The van der Waals surface area contributed by atoms with Gasteiger partial charge in [0.25, 0.3) is 5.91 Å². The molecule has 4 nitrogen and oxygen atoms in total. The van der Waals surface area contributed by atoms with Gasteiger partial charge in [-0.3, -0.25) is 4.79 Å². The molecule has 2 aliphatic rings. The van der Waals surface area contributed by atoms with E-state index in [0.717, 1.165) is 6.54 Å². The van der Waals surface area contributed by atoms with E-state index in [1.807, 2.05) is 0 Å². The van der Waals surface area contributed by atoms with E-state index in [0.29, 0.717) is 23.2 Å². The topological polar surface area (TPSA) is 58.4 Å². The van der Waals surface area contributed by atoms with Crippen molar-refractivity contribution in [3.63, 3.8) is 0 Å². The summed E-state index contributed by atoms with van der Waals surface area (Å²) in [6, 6.07) is 7.81. The van der Waals surface area contributed by atoms with E-state index < -0.39 is 0 Å². The number of nitrogen functional groups attached to an aromatic ring is 1. The number of benzene rings is 1. The van der Waals surface area contributed by atoms with E-state index in [-0.39, 0.29) is 5.91 Å². The van der Waals surface area contributed by atoms with Crippen LogP contribution in [-0.4, -0.2) is 36.5 Å². The number of nitrogens with two attached hydrogens (primary N) is 1. The normalized spacial score (nSPS) is 26.1. The summed E-state index contributed by atoms with van der Waals surface area (Å²) in [5, 5.41) is 3.11. The van der Waals surface area contributed by atoms with E-state index in [4.69, 9.17) is 5.73 Å². The van der Waals surface area contributed by atoms with Gasteiger partial charge in [0.1, 0.15) is 0 Å². The molecule has 3 N–H and O–H groups in total. The Morgan fingerprint density at radius 1 is 1.14 bits per heavy atom. The summed E-state index contributed by atoms with van der Waals surface area (Å²) in [5.41, 5.74) is 7.04. The Balaban J connectivity index is 1.56. The van der Waals surface area contributed by atoms with Gasteiger partial charge < -0.3 is 16.0 Å². The molecule has 1 amide bonds. The van der Waals surface area contributed by atoms with Crippen molar-refractivity contribution >= 4 is 11.6 Å². The molecule has 2 heterocycles. The number of hydrogen-bond acceptors (Lipinski definition) is 3. The lowest BCUT2D eigenvalue weighted by atomic mass is 9.83. The number of carbonyl (C=O) groups is 1. The minimum atomic E-state index is 0.0166. The van der Waals surface area contributed by atoms with Gasteiger partial charge in [0.2, 0.25) is 0 Å². The minimum Gasteiger partial charge on any atom is -0.399 e. The third-order valence-corrected chi connectivity index (χ3v) is 4.93. The first kappa shape index (κ1) is 14.4. The smallest absolute Gasteiger partial charge is 0.251 e. The van der Waals surface area contributed by atoms with Crippen LogP contribution >= 0.6 is 0 Å². The summed E-state index contributed by atoms with van der Waals surface area (Å²) >= 11 is 0. The number of hydrogen-bond donors (Lipinski definition) is 2. The predicted molar refractivity (Wildman–Crippen MR) is 85.1 cm³/mol. The van der Waals surface area contributed by atoms with Crippen molar-refractivity contribution in [3.05, 3.63) is 29.8 Å². The van der Waals surface area contributed by atoms with E-state index >= 15 is 0 Å². The van der Waals surface area contributed by atoms with Crippen molar-refractivity contribution in [1.82, 2.24) is 10.2 Å². The number of amides is 1. The maximum absolute atomic E-state index is 12.2. The first-order valence-electron chi connectivity index (χ1n) is 8.12. The Hall–Kier alpha value is -1.55. The van der Waals surface area contributed by atoms with Crippen LogP contribution in [0.4, 0.5) is 5.69 Å². The summed E-state index contributed by atoms with van der Waals surface area (Å²) < 4.78 is 0. The summed E-state index contributed by atoms with van der Waals surface area (Å²) in [6.07, 6.45) is 6.47. The van der Waals surface area contributed by atoms with Crippen LogP contribution < -0.4 is 11.1 Å². The maximum Gasteiger partial charge on any atom is 0.251 e. The molecular formula is C17H25N3O. The number of anilines is 1. The minimum absolute atomic E-state index is 0.0166. The fraction of sp³-hybridized carbons (Fsp3) is 0.588. The molecule has 0 spiro atoms. The van der Waals surface area contributed by atoms with Crippen LogP contribution in [-0.2, 0) is 0 Å². The third-order valence-electron chi connectivity index (χ3n) is 4.93. The molecule has 2 aliphatic heterocycles. The monoisotopic (exact) mass is 287 g/mol. The molecule has 0 aromatic heterocycles. The molecule has 0 radical (unpaired) electrons. The average molecular weight is 287 g/mol. The number of piperidine rings is 2. The van der Waals surface area contributed by atoms with Gasteiger partial charge in [-0.05, 0) is 69.0 Å². The number of nitrogens with zero attached hydrogens (tertiary/aromatic N) is 1. The van der Waals surface area contributed by atoms with Crippen LogP contribution in [0.1, 0.15) is 42.5 Å². The standard InChI is InChI=1S/C17H25N3O/c18-15-8-6-13(7-9-15)17(21)19-12-14-4-3-11-20-10-2-1-5-16(14)20/h6-9,14,16H,1-5,10-12,18H2,(H,19,21)/t14-,16-/m1/s1. The molecule has 114 valence electrons. The van der Waals surface area contributed by atoms with Crippen LogP contribution in [0.25, 0.3) is 0 Å². The maximum atomic E-state index is 12.2. The summed E-state index contributed by atoms with van der Waals surface area (Å²) in [6.45, 7) is 3.28. The molecule has 1 aromatic carbocycles. The average Bonchev–Trinajstić information content (AvgIpc) is 2.53. The highest BCUT2D eigenvalue weighted by Gasteiger charge is 2.32. The highest BCUT2D eigenvalue weighted by molar-refractivity contribution is 5.94. The Kier molecular flexibility index (Phi) is 4.44. The van der Waals surface area contributed by atoms with Gasteiger partial charge in [0.15, 0.2) is 0 Å². The van der Waals surface area contributed by atoms with Crippen molar-refractivity contribution in [1.29, 1.82) is 0 Å². The molecule has 2 atom stereocenters. The van der Waals surface area contributed by atoms with Gasteiger partial charge in [-0.1, -0.05) is 6.42 Å². The molecule has 2 fully saturated rings. The molecule has 2 saturated heterocycles. The zero-order valence-corrected chi connectivity index (χ0v) is 12.6. The van der Waals surface area contributed by atoms with E-state index in [1.165, 1.54) is 45.2 Å². The SMILES string of the molecule is Nc1ccc(C(=O)NC[C@H]2CCCN3CCCC[C@H]23)cc1. The number of rotatable bonds is 3. The number of fused-ring (bicyclic) bond motifs is 1. The largest absolute Gasteiger partial charge is 0.399 e. The van der Waals surface area contributed by atoms with E-state index in [2.05, 4.69) is 10.2 Å². The second-order valence-electron chi connectivity index (χ2n) is 6.33. The van der Waals surface area contributed by atoms with Gasteiger partial charge >= 0.3 is 0 Å². The zero-order valence-electron chi connectivity index (χ0n) is 12.6. The lowest BCUT2D eigenvalue weighted by molar-refractivity contribution is 0.0575. The summed E-state index contributed by atoms with van der Waals surface area (Å²) in [4.78, 5) is 14.8. The highest BCUT2D eigenvalue weighted by Crippen LogP contribution is 2.30. The van der Waals surface area contributed by atoms with Crippen molar-refractivity contribution in [2.24, 2.45) is 5.92 Å². The molecule has 3 rings (SSSR count). The Morgan fingerprint density at radius 3 is 2.71 bits per heavy atom. The molecule has 4 heteroatoms. The van der Waals surface area contributed by atoms with Gasteiger partial charge in [-0.25, -0.2) is 0 Å². The van der Waals surface area contributed by atoms with Crippen LogP contribution in [0.2, 0.25) is 0 Å². The van der Waals surface area contributed by atoms with Gasteiger partial charge in [-0.15, -0.1) is 0 Å². The molecule has 21 heavy (non-hydrogen) atoms. The van der Waals surface area contributed by atoms with Gasteiger partial charge in [0.05, 0.1) is 0 Å². The van der Waals surface area contributed by atoms with E-state index in [1.54, 1.807) is 24.3 Å². The zero-order chi connectivity index (χ0) is 14.7. The molecule has 0 aliphatic carbocycles. The quantitative estimate of drug-likeness (QED) is 0.838. The Morgan fingerprint density at radius 2 is 1.90 bits per heavy atom. The van der Waals surface area contributed by atoms with Crippen molar-refractivity contribution in [2.75, 3.05) is 25.4 Å². The summed E-state index contributed by atoms with van der Waals surface area (Å²) in [5.74, 6) is 0.625. The first-order chi connectivity index (χ1) is 10.2. The molecule has 0 bridgehead atoms. The lowest BCUT2D eigenvalue weighted by Crippen LogP contribution is -2.51. The van der Waals surface area contributed by atoms with Gasteiger partial charge in [-0.2, -0.15) is 0 Å². The first-order valence-corrected chi connectivity index (χ1v) is 8.12. The van der Waals surface area contributed by atoms with E-state index in [9.17, 15) is 4.79 Å².